The van der Waals surface area contributed by atoms with E-state index < -0.39 is 4.92 Å². The van der Waals surface area contributed by atoms with Gasteiger partial charge in [-0.2, -0.15) is 0 Å². The maximum atomic E-state index is 13.5. The second-order valence-corrected chi connectivity index (χ2v) is 7.61. The monoisotopic (exact) mass is 401 g/mol. The summed E-state index contributed by atoms with van der Waals surface area (Å²) in [5.74, 6) is 0.127. The molecule has 3 aromatic rings. The number of carbonyl (C=O) groups excluding carboxylic acids is 1. The Bertz CT molecular complexity index is 1130. The standard InChI is InChI=1S/C23H19N3O4/c27-20-11-5-15(6-12-20)22-24-14-17-4-2-1-3-16(17)13-21(24)23(28)25(22)18-7-9-19(10-8-18)26(29)30/h1-12,21-22,27H,13-14H2. The lowest BCUT2D eigenvalue weighted by molar-refractivity contribution is -0.384. The molecule has 0 aromatic heterocycles. The van der Waals surface area contributed by atoms with Crippen molar-refractivity contribution >= 4 is 17.3 Å². The van der Waals surface area contributed by atoms with Gasteiger partial charge >= 0.3 is 0 Å². The van der Waals surface area contributed by atoms with Gasteiger partial charge < -0.3 is 5.11 Å². The van der Waals surface area contributed by atoms with Crippen molar-refractivity contribution in [3.63, 3.8) is 0 Å². The molecule has 2 atom stereocenters. The summed E-state index contributed by atoms with van der Waals surface area (Å²) in [6.45, 7) is 0.627. The van der Waals surface area contributed by atoms with Crippen LogP contribution in [0.1, 0.15) is 22.9 Å². The molecule has 0 aliphatic carbocycles. The Morgan fingerprint density at radius 3 is 2.27 bits per heavy atom. The predicted octanol–water partition coefficient (Wildman–Crippen LogP) is 3.77. The number of phenols is 1. The van der Waals surface area contributed by atoms with Crippen molar-refractivity contribution in [2.45, 2.75) is 25.2 Å². The highest BCUT2D eigenvalue weighted by atomic mass is 16.6. The lowest BCUT2D eigenvalue weighted by Crippen LogP contribution is -2.39. The average molecular weight is 401 g/mol. The smallest absolute Gasteiger partial charge is 0.269 e. The molecule has 2 heterocycles. The zero-order chi connectivity index (χ0) is 20.8. The van der Waals surface area contributed by atoms with Crippen LogP contribution in [0.3, 0.4) is 0 Å². The summed E-state index contributed by atoms with van der Waals surface area (Å²) in [6.07, 6.45) is 0.255. The first-order chi connectivity index (χ1) is 14.5. The van der Waals surface area contributed by atoms with Crippen LogP contribution >= 0.6 is 0 Å². The van der Waals surface area contributed by atoms with Crippen molar-refractivity contribution in [3.05, 3.63) is 99.6 Å². The van der Waals surface area contributed by atoms with E-state index in [4.69, 9.17) is 0 Å². The van der Waals surface area contributed by atoms with Crippen molar-refractivity contribution in [1.82, 2.24) is 4.90 Å². The normalized spacial score (nSPS) is 20.7. The van der Waals surface area contributed by atoms with Gasteiger partial charge in [0.2, 0.25) is 5.91 Å². The molecule has 7 nitrogen and oxygen atoms in total. The lowest BCUT2D eigenvalue weighted by Gasteiger charge is -2.34. The van der Waals surface area contributed by atoms with Gasteiger partial charge in [-0.05, 0) is 47.4 Å². The van der Waals surface area contributed by atoms with Crippen molar-refractivity contribution in [1.29, 1.82) is 0 Å². The number of phenolic OH excluding ortho intramolecular Hbond substituents is 1. The molecule has 2 aliphatic rings. The highest BCUT2D eigenvalue weighted by Gasteiger charge is 2.49. The number of fused-ring (bicyclic) bond motifs is 2. The number of amides is 1. The van der Waals surface area contributed by atoms with Gasteiger partial charge in [-0.25, -0.2) is 0 Å². The van der Waals surface area contributed by atoms with Crippen LogP contribution in [0, 0.1) is 10.1 Å². The van der Waals surface area contributed by atoms with Gasteiger partial charge in [0, 0.05) is 24.4 Å². The SMILES string of the molecule is O=C1C2Cc3ccccc3CN2C(c2ccc(O)cc2)N1c1ccc([N+](=O)[O-])cc1. The highest BCUT2D eigenvalue weighted by Crippen LogP contribution is 2.43. The number of hydrogen-bond donors (Lipinski definition) is 1. The third kappa shape index (κ3) is 2.91. The van der Waals surface area contributed by atoms with Crippen LogP contribution in [0.25, 0.3) is 0 Å². The third-order valence-corrected chi connectivity index (χ3v) is 5.90. The largest absolute Gasteiger partial charge is 0.508 e. The van der Waals surface area contributed by atoms with Gasteiger partial charge in [0.05, 0.1) is 11.0 Å². The second kappa shape index (κ2) is 6.96. The molecule has 30 heavy (non-hydrogen) atoms. The van der Waals surface area contributed by atoms with Gasteiger partial charge in [0.1, 0.15) is 11.9 Å². The molecule has 1 saturated heterocycles. The van der Waals surface area contributed by atoms with E-state index in [9.17, 15) is 20.0 Å². The Hall–Kier alpha value is -3.71. The molecule has 150 valence electrons. The Labute approximate surface area is 172 Å². The first-order valence-corrected chi connectivity index (χ1v) is 9.72. The Balaban J connectivity index is 1.60. The number of nitrogens with zero attached hydrogens (tertiary/aromatic N) is 3. The minimum atomic E-state index is -0.451. The maximum Gasteiger partial charge on any atom is 0.269 e. The summed E-state index contributed by atoms with van der Waals surface area (Å²) in [6, 6.07) is 20.7. The summed E-state index contributed by atoms with van der Waals surface area (Å²) in [7, 11) is 0. The van der Waals surface area contributed by atoms with Crippen LogP contribution in [0.5, 0.6) is 5.75 Å². The summed E-state index contributed by atoms with van der Waals surface area (Å²) in [4.78, 5) is 28.0. The molecule has 3 aromatic carbocycles. The van der Waals surface area contributed by atoms with Crippen LogP contribution in [0.2, 0.25) is 0 Å². The Morgan fingerprint density at radius 1 is 0.933 bits per heavy atom. The molecule has 7 heteroatoms. The quantitative estimate of drug-likeness (QED) is 0.533. The minimum Gasteiger partial charge on any atom is -0.508 e. The Morgan fingerprint density at radius 2 is 1.60 bits per heavy atom. The number of non-ortho nitro benzene ring substituents is 1. The van der Waals surface area contributed by atoms with Crippen LogP contribution in [-0.2, 0) is 17.8 Å². The van der Waals surface area contributed by atoms with Gasteiger partial charge in [0.25, 0.3) is 5.69 Å². The van der Waals surface area contributed by atoms with Crippen molar-refractivity contribution < 1.29 is 14.8 Å². The van der Waals surface area contributed by atoms with Crippen LogP contribution in [0.4, 0.5) is 11.4 Å². The molecular formula is C23H19N3O4. The molecule has 1 fully saturated rings. The molecule has 0 saturated carbocycles. The van der Waals surface area contributed by atoms with E-state index in [0.29, 0.717) is 18.7 Å². The highest BCUT2D eigenvalue weighted by molar-refractivity contribution is 6.00. The first-order valence-electron chi connectivity index (χ1n) is 9.72. The van der Waals surface area contributed by atoms with Crippen LogP contribution < -0.4 is 4.90 Å². The van der Waals surface area contributed by atoms with E-state index in [1.165, 1.54) is 23.3 Å². The molecule has 5 rings (SSSR count). The van der Waals surface area contributed by atoms with Gasteiger partial charge in [0.15, 0.2) is 0 Å². The van der Waals surface area contributed by atoms with E-state index in [1.54, 1.807) is 29.2 Å². The number of hydrogen-bond acceptors (Lipinski definition) is 5. The molecule has 0 spiro atoms. The number of carbonyl (C=O) groups is 1. The molecule has 2 aliphatic heterocycles. The van der Waals surface area contributed by atoms with Crippen LogP contribution in [0.15, 0.2) is 72.8 Å². The van der Waals surface area contributed by atoms with E-state index in [0.717, 1.165) is 5.56 Å². The second-order valence-electron chi connectivity index (χ2n) is 7.61. The fourth-order valence-corrected chi connectivity index (χ4v) is 4.45. The lowest BCUT2D eigenvalue weighted by atomic mass is 9.94. The van der Waals surface area contributed by atoms with E-state index >= 15 is 0 Å². The van der Waals surface area contributed by atoms with Crippen molar-refractivity contribution in [2.75, 3.05) is 4.90 Å². The fraction of sp³-hybridized carbons (Fsp3) is 0.174. The molecule has 1 N–H and O–H groups in total. The zero-order valence-electron chi connectivity index (χ0n) is 16.0. The van der Waals surface area contributed by atoms with Crippen LogP contribution in [-0.4, -0.2) is 26.9 Å². The number of nitro benzene ring substituents is 1. The predicted molar refractivity (Wildman–Crippen MR) is 111 cm³/mol. The molecule has 1 amide bonds. The molecule has 2 unspecified atom stereocenters. The number of rotatable bonds is 3. The summed E-state index contributed by atoms with van der Waals surface area (Å²) in [5.41, 5.74) is 3.83. The number of benzene rings is 3. The first kappa shape index (κ1) is 18.3. The molecule has 0 bridgehead atoms. The molecule has 0 radical (unpaired) electrons. The summed E-state index contributed by atoms with van der Waals surface area (Å²) in [5, 5.41) is 20.8. The molecular weight excluding hydrogens is 382 g/mol. The minimum absolute atomic E-state index is 0.0169. The third-order valence-electron chi connectivity index (χ3n) is 5.90. The zero-order valence-corrected chi connectivity index (χ0v) is 16.0. The van der Waals surface area contributed by atoms with E-state index in [-0.39, 0.29) is 29.6 Å². The maximum absolute atomic E-state index is 13.5. The topological polar surface area (TPSA) is 86.9 Å². The number of anilines is 1. The number of aromatic hydroxyl groups is 1. The van der Waals surface area contributed by atoms with Crippen molar-refractivity contribution in [3.8, 4) is 5.75 Å². The summed E-state index contributed by atoms with van der Waals surface area (Å²) < 4.78 is 0. The Kier molecular flexibility index (Phi) is 4.25. The van der Waals surface area contributed by atoms with Gasteiger partial charge in [-0.3, -0.25) is 24.7 Å². The average Bonchev–Trinajstić information content (AvgIpc) is 3.04. The van der Waals surface area contributed by atoms with Crippen molar-refractivity contribution in [2.24, 2.45) is 0 Å². The fourth-order valence-electron chi connectivity index (χ4n) is 4.45. The summed E-state index contributed by atoms with van der Waals surface area (Å²) >= 11 is 0. The van der Waals surface area contributed by atoms with Gasteiger partial charge in [-0.15, -0.1) is 0 Å². The van der Waals surface area contributed by atoms with Gasteiger partial charge in [-0.1, -0.05) is 36.4 Å². The van der Waals surface area contributed by atoms with E-state index in [1.807, 2.05) is 24.3 Å². The number of nitro groups is 1. The van der Waals surface area contributed by atoms with E-state index in [2.05, 4.69) is 17.0 Å².